The summed E-state index contributed by atoms with van der Waals surface area (Å²) in [5.41, 5.74) is 3.70. The third kappa shape index (κ3) is 3.55. The molecular formula is C15H15FN2O2. The molecule has 0 unspecified atom stereocenters. The van der Waals surface area contributed by atoms with Gasteiger partial charge in [-0.05, 0) is 23.3 Å². The number of nitrogens with one attached hydrogen (secondary N) is 1. The number of nitrogens with two attached hydrogens (primary N) is 1. The average molecular weight is 274 g/mol. The maximum absolute atomic E-state index is 13.5. The lowest BCUT2D eigenvalue weighted by molar-refractivity contribution is -0.120. The molecule has 2 aromatic rings. The Morgan fingerprint density at radius 1 is 1.10 bits per heavy atom. The highest BCUT2D eigenvalue weighted by Gasteiger charge is 2.08. The number of amides is 1. The number of hydrogen-bond acceptors (Lipinski definition) is 3. The maximum atomic E-state index is 13.5. The molecule has 4 nitrogen and oxygen atoms in total. The molecule has 0 spiro atoms. The first-order valence-electron chi connectivity index (χ1n) is 6.14. The van der Waals surface area contributed by atoms with Crippen LogP contribution >= 0.6 is 0 Å². The number of ether oxygens (including phenoxy) is 1. The lowest BCUT2D eigenvalue weighted by Crippen LogP contribution is -2.31. The van der Waals surface area contributed by atoms with Gasteiger partial charge in [0.25, 0.3) is 0 Å². The molecule has 0 heterocycles. The van der Waals surface area contributed by atoms with Gasteiger partial charge in [0.1, 0.15) is 6.61 Å². The van der Waals surface area contributed by atoms with Gasteiger partial charge >= 0.3 is 0 Å². The van der Waals surface area contributed by atoms with Crippen LogP contribution in [-0.4, -0.2) is 5.91 Å². The topological polar surface area (TPSA) is 64.3 Å². The maximum Gasteiger partial charge on any atom is 0.238 e. The Labute approximate surface area is 116 Å². The first kappa shape index (κ1) is 14.0. The van der Waals surface area contributed by atoms with Gasteiger partial charge in [-0.2, -0.15) is 0 Å². The predicted octanol–water partition coefficient (Wildman–Crippen LogP) is 1.94. The van der Waals surface area contributed by atoms with E-state index in [2.05, 4.69) is 5.43 Å². The number of hydrazine groups is 1. The van der Waals surface area contributed by atoms with Crippen molar-refractivity contribution in [3.8, 4) is 5.75 Å². The van der Waals surface area contributed by atoms with Crippen molar-refractivity contribution in [1.82, 2.24) is 5.43 Å². The van der Waals surface area contributed by atoms with Crippen LogP contribution in [0.3, 0.4) is 0 Å². The largest absolute Gasteiger partial charge is 0.486 e. The Hall–Kier alpha value is -2.40. The second-order valence-corrected chi connectivity index (χ2v) is 4.23. The molecule has 0 aromatic heterocycles. The number of carbonyl (C=O) groups is 1. The molecule has 2 aromatic carbocycles. The Morgan fingerprint density at radius 2 is 1.75 bits per heavy atom. The second kappa shape index (κ2) is 6.68. The average Bonchev–Trinajstić information content (AvgIpc) is 2.47. The van der Waals surface area contributed by atoms with Gasteiger partial charge in [-0.25, -0.2) is 10.2 Å². The molecule has 0 bridgehead atoms. The minimum absolute atomic E-state index is 0.160. The van der Waals surface area contributed by atoms with Crippen molar-refractivity contribution >= 4 is 5.91 Å². The Kier molecular flexibility index (Phi) is 4.68. The summed E-state index contributed by atoms with van der Waals surface area (Å²) in [6.45, 7) is 0.189. The van der Waals surface area contributed by atoms with E-state index in [0.717, 1.165) is 11.1 Å². The summed E-state index contributed by atoms with van der Waals surface area (Å²) in [6, 6.07) is 13.5. The summed E-state index contributed by atoms with van der Waals surface area (Å²) in [6.07, 6.45) is 0.160. The number of para-hydroxylation sites is 1. The SMILES string of the molecule is NNC(=O)Cc1ccccc1COc1ccccc1F. The first-order valence-corrected chi connectivity index (χ1v) is 6.14. The molecule has 1 amide bonds. The quantitative estimate of drug-likeness (QED) is 0.497. The monoisotopic (exact) mass is 274 g/mol. The van der Waals surface area contributed by atoms with Crippen LogP contribution in [0.25, 0.3) is 0 Å². The molecule has 0 fully saturated rings. The molecule has 3 N–H and O–H groups in total. The van der Waals surface area contributed by atoms with E-state index in [0.29, 0.717) is 0 Å². The van der Waals surface area contributed by atoms with Crippen LogP contribution in [0.1, 0.15) is 11.1 Å². The molecule has 0 atom stereocenters. The van der Waals surface area contributed by atoms with E-state index in [1.807, 2.05) is 24.3 Å². The van der Waals surface area contributed by atoms with Crippen molar-refractivity contribution in [3.05, 3.63) is 65.5 Å². The second-order valence-electron chi connectivity index (χ2n) is 4.23. The fourth-order valence-corrected chi connectivity index (χ4v) is 1.81. The van der Waals surface area contributed by atoms with Crippen molar-refractivity contribution in [1.29, 1.82) is 0 Å². The van der Waals surface area contributed by atoms with Crippen molar-refractivity contribution in [3.63, 3.8) is 0 Å². The Bertz CT molecular complexity index is 602. The zero-order chi connectivity index (χ0) is 14.4. The first-order chi connectivity index (χ1) is 9.70. The van der Waals surface area contributed by atoms with E-state index in [1.54, 1.807) is 18.2 Å². The molecule has 0 saturated carbocycles. The van der Waals surface area contributed by atoms with Crippen molar-refractivity contribution < 1.29 is 13.9 Å². The minimum Gasteiger partial charge on any atom is -0.486 e. The highest BCUT2D eigenvalue weighted by atomic mass is 19.1. The summed E-state index contributed by atoms with van der Waals surface area (Å²) in [5.74, 6) is 4.56. The van der Waals surface area contributed by atoms with Crippen molar-refractivity contribution in [2.75, 3.05) is 0 Å². The van der Waals surface area contributed by atoms with Gasteiger partial charge in [-0.3, -0.25) is 10.2 Å². The number of halogens is 1. The van der Waals surface area contributed by atoms with Crippen LogP contribution in [0.5, 0.6) is 5.75 Å². The summed E-state index contributed by atoms with van der Waals surface area (Å²) < 4.78 is 18.9. The number of benzene rings is 2. The Morgan fingerprint density at radius 3 is 2.45 bits per heavy atom. The summed E-state index contributed by atoms with van der Waals surface area (Å²) >= 11 is 0. The third-order valence-corrected chi connectivity index (χ3v) is 2.85. The highest BCUT2D eigenvalue weighted by molar-refractivity contribution is 5.78. The number of carbonyl (C=O) groups excluding carboxylic acids is 1. The van der Waals surface area contributed by atoms with Crippen LogP contribution in [0.4, 0.5) is 4.39 Å². The van der Waals surface area contributed by atoms with Gasteiger partial charge in [0, 0.05) is 0 Å². The van der Waals surface area contributed by atoms with Gasteiger partial charge in [-0.15, -0.1) is 0 Å². The molecule has 104 valence electrons. The lowest BCUT2D eigenvalue weighted by atomic mass is 10.1. The van der Waals surface area contributed by atoms with Gasteiger partial charge < -0.3 is 4.74 Å². The predicted molar refractivity (Wildman–Crippen MR) is 73.2 cm³/mol. The van der Waals surface area contributed by atoms with Crippen LogP contribution < -0.4 is 16.0 Å². The van der Waals surface area contributed by atoms with E-state index in [-0.39, 0.29) is 24.7 Å². The number of hydrogen-bond donors (Lipinski definition) is 2. The number of rotatable bonds is 5. The van der Waals surface area contributed by atoms with Gasteiger partial charge in [-0.1, -0.05) is 36.4 Å². The zero-order valence-corrected chi connectivity index (χ0v) is 10.8. The fraction of sp³-hybridized carbons (Fsp3) is 0.133. The van der Waals surface area contributed by atoms with E-state index in [9.17, 15) is 9.18 Å². The molecule has 20 heavy (non-hydrogen) atoms. The van der Waals surface area contributed by atoms with Gasteiger partial charge in [0.2, 0.25) is 5.91 Å². The molecule has 2 rings (SSSR count). The fourth-order valence-electron chi connectivity index (χ4n) is 1.81. The molecule has 0 aliphatic carbocycles. The molecule has 0 saturated heterocycles. The minimum atomic E-state index is -0.412. The molecule has 5 heteroatoms. The van der Waals surface area contributed by atoms with Crippen LogP contribution in [0, 0.1) is 5.82 Å². The normalized spacial score (nSPS) is 10.1. The summed E-state index contributed by atoms with van der Waals surface area (Å²) in [4.78, 5) is 11.3. The van der Waals surface area contributed by atoms with E-state index >= 15 is 0 Å². The van der Waals surface area contributed by atoms with Crippen LogP contribution in [0.15, 0.2) is 48.5 Å². The zero-order valence-electron chi connectivity index (χ0n) is 10.8. The Balaban J connectivity index is 2.10. The molecule has 0 aliphatic rings. The lowest BCUT2D eigenvalue weighted by Gasteiger charge is -2.11. The van der Waals surface area contributed by atoms with Crippen molar-refractivity contribution in [2.24, 2.45) is 5.84 Å². The summed E-state index contributed by atoms with van der Waals surface area (Å²) in [5, 5.41) is 0. The van der Waals surface area contributed by atoms with Crippen LogP contribution in [-0.2, 0) is 17.8 Å². The van der Waals surface area contributed by atoms with Crippen LogP contribution in [0.2, 0.25) is 0 Å². The molecule has 0 radical (unpaired) electrons. The van der Waals surface area contributed by atoms with Crippen molar-refractivity contribution in [2.45, 2.75) is 13.0 Å². The van der Waals surface area contributed by atoms with Gasteiger partial charge in [0.15, 0.2) is 11.6 Å². The van der Waals surface area contributed by atoms with Gasteiger partial charge in [0.05, 0.1) is 6.42 Å². The smallest absolute Gasteiger partial charge is 0.238 e. The van der Waals surface area contributed by atoms with E-state index in [1.165, 1.54) is 6.07 Å². The summed E-state index contributed by atoms with van der Waals surface area (Å²) in [7, 11) is 0. The molecule has 0 aliphatic heterocycles. The van der Waals surface area contributed by atoms with E-state index in [4.69, 9.17) is 10.6 Å². The highest BCUT2D eigenvalue weighted by Crippen LogP contribution is 2.18. The molecular weight excluding hydrogens is 259 g/mol. The third-order valence-electron chi connectivity index (χ3n) is 2.85. The van der Waals surface area contributed by atoms with E-state index < -0.39 is 5.82 Å². The standard InChI is InChI=1S/C15H15FN2O2/c16-13-7-3-4-8-14(13)20-10-12-6-2-1-5-11(12)9-15(19)18-17/h1-8H,9-10,17H2,(H,18,19).